The average molecular weight is 389 g/mol. The maximum absolute atomic E-state index is 12.7. The molecule has 29 heavy (non-hydrogen) atoms. The molecule has 0 fully saturated rings. The minimum absolute atomic E-state index is 0.00978. The van der Waals surface area contributed by atoms with E-state index in [2.05, 4.69) is 5.32 Å². The normalized spacial score (nSPS) is 10.6. The lowest BCUT2D eigenvalue weighted by Crippen LogP contribution is -2.29. The third kappa shape index (κ3) is 5.61. The van der Waals surface area contributed by atoms with Gasteiger partial charge in [0.05, 0.1) is 19.8 Å². The van der Waals surface area contributed by atoms with E-state index in [9.17, 15) is 4.79 Å². The molecule has 0 atom stereocenters. The number of nitrogens with one attached hydrogen (secondary N) is 1. The first-order valence-corrected chi connectivity index (χ1v) is 9.90. The fourth-order valence-corrected chi connectivity index (χ4v) is 3.28. The predicted molar refractivity (Wildman–Crippen MR) is 115 cm³/mol. The molecule has 0 heterocycles. The number of carbonyl (C=O) groups is 1. The van der Waals surface area contributed by atoms with Crippen LogP contribution in [-0.2, 0) is 11.2 Å². The van der Waals surface area contributed by atoms with E-state index in [1.54, 1.807) is 7.11 Å². The molecule has 0 bridgehead atoms. The number of carbonyl (C=O) groups excluding carboxylic acids is 1. The van der Waals surface area contributed by atoms with Gasteiger partial charge in [0.1, 0.15) is 0 Å². The Bertz CT molecular complexity index is 870. The van der Waals surface area contributed by atoms with Crippen molar-refractivity contribution in [2.45, 2.75) is 25.8 Å². The third-order valence-corrected chi connectivity index (χ3v) is 4.74. The van der Waals surface area contributed by atoms with Crippen molar-refractivity contribution in [2.75, 3.05) is 13.7 Å². The van der Waals surface area contributed by atoms with Gasteiger partial charge in [0, 0.05) is 6.42 Å². The zero-order chi connectivity index (χ0) is 20.5. The van der Waals surface area contributed by atoms with Gasteiger partial charge in [-0.25, -0.2) is 0 Å². The lowest BCUT2D eigenvalue weighted by Gasteiger charge is -2.20. The van der Waals surface area contributed by atoms with Crippen LogP contribution in [0.15, 0.2) is 78.9 Å². The van der Waals surface area contributed by atoms with Crippen LogP contribution in [-0.4, -0.2) is 19.6 Å². The fourth-order valence-electron chi connectivity index (χ4n) is 3.28. The molecule has 0 spiro atoms. The summed E-state index contributed by atoms with van der Waals surface area (Å²) >= 11 is 0. The molecule has 3 rings (SSSR count). The Morgan fingerprint density at radius 3 is 2.07 bits per heavy atom. The van der Waals surface area contributed by atoms with E-state index >= 15 is 0 Å². The Balaban J connectivity index is 1.68. The number of methoxy groups -OCH3 is 1. The molecule has 4 heteroatoms. The molecule has 0 unspecified atom stereocenters. The van der Waals surface area contributed by atoms with Crippen LogP contribution in [0.1, 0.15) is 36.1 Å². The monoisotopic (exact) mass is 389 g/mol. The summed E-state index contributed by atoms with van der Waals surface area (Å²) in [5.74, 6) is 1.42. The Labute approximate surface area is 172 Å². The van der Waals surface area contributed by atoms with Crippen molar-refractivity contribution in [3.05, 3.63) is 95.6 Å². The lowest BCUT2D eigenvalue weighted by atomic mass is 9.98. The summed E-state index contributed by atoms with van der Waals surface area (Å²) < 4.78 is 11.0. The summed E-state index contributed by atoms with van der Waals surface area (Å²) in [5, 5.41) is 3.19. The second kappa shape index (κ2) is 10.3. The van der Waals surface area contributed by atoms with Gasteiger partial charge in [0.15, 0.2) is 11.5 Å². The van der Waals surface area contributed by atoms with Crippen molar-refractivity contribution in [2.24, 2.45) is 0 Å². The Morgan fingerprint density at radius 2 is 1.52 bits per heavy atom. The Morgan fingerprint density at radius 1 is 0.897 bits per heavy atom. The van der Waals surface area contributed by atoms with Gasteiger partial charge >= 0.3 is 0 Å². The zero-order valence-electron chi connectivity index (χ0n) is 16.9. The van der Waals surface area contributed by atoms with Crippen molar-refractivity contribution in [1.82, 2.24) is 5.32 Å². The molecule has 0 aliphatic heterocycles. The Hall–Kier alpha value is -3.27. The van der Waals surface area contributed by atoms with Crippen molar-refractivity contribution >= 4 is 5.91 Å². The molecular weight excluding hydrogens is 362 g/mol. The molecule has 3 aromatic carbocycles. The second-order valence-corrected chi connectivity index (χ2v) is 6.74. The minimum Gasteiger partial charge on any atom is -0.493 e. The molecule has 0 aliphatic carbocycles. The Kier molecular flexibility index (Phi) is 7.28. The van der Waals surface area contributed by atoms with Gasteiger partial charge in [-0.3, -0.25) is 4.79 Å². The van der Waals surface area contributed by atoms with Crippen molar-refractivity contribution in [1.29, 1.82) is 0 Å². The number of aryl methyl sites for hydroxylation is 1. The molecule has 0 radical (unpaired) electrons. The number of amides is 1. The van der Waals surface area contributed by atoms with Crippen LogP contribution in [0.2, 0.25) is 0 Å². The van der Waals surface area contributed by atoms with E-state index in [0.29, 0.717) is 25.2 Å². The smallest absolute Gasteiger partial charge is 0.221 e. The molecule has 150 valence electrons. The van der Waals surface area contributed by atoms with E-state index < -0.39 is 0 Å². The van der Waals surface area contributed by atoms with E-state index in [1.807, 2.05) is 85.8 Å². The average Bonchev–Trinajstić information content (AvgIpc) is 2.78. The molecule has 0 saturated heterocycles. The van der Waals surface area contributed by atoms with Crippen molar-refractivity contribution in [3.63, 3.8) is 0 Å². The van der Waals surface area contributed by atoms with E-state index in [1.165, 1.54) is 0 Å². The highest BCUT2D eigenvalue weighted by Crippen LogP contribution is 2.28. The van der Waals surface area contributed by atoms with Gasteiger partial charge in [0.25, 0.3) is 0 Å². The molecule has 0 aromatic heterocycles. The summed E-state index contributed by atoms with van der Waals surface area (Å²) in [6, 6.07) is 25.7. The summed E-state index contributed by atoms with van der Waals surface area (Å²) in [7, 11) is 1.62. The minimum atomic E-state index is -0.167. The first-order valence-electron chi connectivity index (χ1n) is 9.90. The molecule has 1 N–H and O–H groups in total. The maximum atomic E-state index is 12.7. The molecule has 0 saturated carbocycles. The zero-order valence-corrected chi connectivity index (χ0v) is 16.9. The van der Waals surface area contributed by atoms with E-state index in [-0.39, 0.29) is 11.9 Å². The highest BCUT2D eigenvalue weighted by atomic mass is 16.5. The summed E-state index contributed by atoms with van der Waals surface area (Å²) in [4.78, 5) is 12.7. The van der Waals surface area contributed by atoms with Gasteiger partial charge in [-0.1, -0.05) is 66.7 Å². The molecule has 0 aliphatic rings. The maximum Gasteiger partial charge on any atom is 0.221 e. The highest BCUT2D eigenvalue weighted by Gasteiger charge is 2.16. The quantitative estimate of drug-likeness (QED) is 0.564. The lowest BCUT2D eigenvalue weighted by molar-refractivity contribution is -0.121. The number of rotatable bonds is 9. The largest absolute Gasteiger partial charge is 0.493 e. The van der Waals surface area contributed by atoms with Crippen LogP contribution in [0.4, 0.5) is 0 Å². The van der Waals surface area contributed by atoms with Gasteiger partial charge in [-0.05, 0) is 42.2 Å². The summed E-state index contributed by atoms with van der Waals surface area (Å²) in [5.41, 5.74) is 3.17. The molecule has 3 aromatic rings. The molecular formula is C25H27NO3. The van der Waals surface area contributed by atoms with Crippen LogP contribution >= 0.6 is 0 Å². The molecule has 1 amide bonds. The van der Waals surface area contributed by atoms with E-state index in [4.69, 9.17) is 9.47 Å². The number of benzene rings is 3. The topological polar surface area (TPSA) is 47.6 Å². The van der Waals surface area contributed by atoms with E-state index in [0.717, 1.165) is 22.4 Å². The first kappa shape index (κ1) is 20.5. The van der Waals surface area contributed by atoms with Crippen LogP contribution in [0.5, 0.6) is 11.5 Å². The van der Waals surface area contributed by atoms with Gasteiger partial charge in [0.2, 0.25) is 5.91 Å². The van der Waals surface area contributed by atoms with Gasteiger partial charge in [-0.15, -0.1) is 0 Å². The van der Waals surface area contributed by atoms with Gasteiger partial charge in [-0.2, -0.15) is 0 Å². The molecule has 4 nitrogen and oxygen atoms in total. The van der Waals surface area contributed by atoms with Crippen molar-refractivity contribution < 1.29 is 14.3 Å². The highest BCUT2D eigenvalue weighted by molar-refractivity contribution is 5.77. The first-order chi connectivity index (χ1) is 14.2. The van der Waals surface area contributed by atoms with Crippen LogP contribution in [0.3, 0.4) is 0 Å². The van der Waals surface area contributed by atoms with Crippen LogP contribution < -0.4 is 14.8 Å². The predicted octanol–water partition coefficient (Wildman–Crippen LogP) is 4.93. The summed E-state index contributed by atoms with van der Waals surface area (Å²) in [6.45, 7) is 2.52. The van der Waals surface area contributed by atoms with Crippen LogP contribution in [0.25, 0.3) is 0 Å². The fraction of sp³-hybridized carbons (Fsp3) is 0.240. The van der Waals surface area contributed by atoms with Gasteiger partial charge < -0.3 is 14.8 Å². The van der Waals surface area contributed by atoms with Crippen molar-refractivity contribution in [3.8, 4) is 11.5 Å². The second-order valence-electron chi connectivity index (χ2n) is 6.74. The SMILES string of the molecule is CCOc1ccc(CCC(=O)NC(c2ccccc2)c2ccccc2)cc1OC. The van der Waals surface area contributed by atoms with Crippen LogP contribution in [0, 0.1) is 0 Å². The number of ether oxygens (including phenoxy) is 2. The third-order valence-electron chi connectivity index (χ3n) is 4.74. The standard InChI is InChI=1S/C25H27NO3/c1-3-29-22-16-14-19(18-23(22)28-2)15-17-24(27)26-25(20-10-6-4-7-11-20)21-12-8-5-9-13-21/h4-14,16,18,25H,3,15,17H2,1-2H3,(H,26,27). The summed E-state index contributed by atoms with van der Waals surface area (Å²) in [6.07, 6.45) is 1.03. The number of hydrogen-bond acceptors (Lipinski definition) is 3. The number of hydrogen-bond donors (Lipinski definition) is 1.